The van der Waals surface area contributed by atoms with Crippen molar-refractivity contribution in [1.82, 2.24) is 0 Å². The number of rotatable bonds is 6. The first-order valence-electron chi connectivity index (χ1n) is 3.72. The van der Waals surface area contributed by atoms with E-state index in [9.17, 15) is 0 Å². The Balaban J connectivity index is 2.89. The van der Waals surface area contributed by atoms with E-state index in [1.165, 1.54) is 23.0 Å². The van der Waals surface area contributed by atoms with Gasteiger partial charge in [-0.1, -0.05) is 26.0 Å². The highest BCUT2D eigenvalue weighted by Crippen LogP contribution is 2.01. The Bertz CT molecular complexity index is 69.3. The van der Waals surface area contributed by atoms with Crippen LogP contribution in [-0.2, 0) is 0 Å². The fourth-order valence-corrected chi connectivity index (χ4v) is 1.52. The largest absolute Gasteiger partial charge is 0.158 e. The molecular formula is C8H16S2. The van der Waals surface area contributed by atoms with Gasteiger partial charge in [0, 0.05) is 11.5 Å². The van der Waals surface area contributed by atoms with Crippen molar-refractivity contribution >= 4 is 23.5 Å². The molecule has 0 bridgehead atoms. The maximum atomic E-state index is 2.26. The molecule has 0 amide bonds. The Kier molecular flexibility index (Phi) is 9.86. The molecule has 0 saturated heterocycles. The van der Waals surface area contributed by atoms with Crippen LogP contribution < -0.4 is 0 Å². The van der Waals surface area contributed by atoms with Crippen LogP contribution in [0.1, 0.15) is 13.8 Å². The lowest BCUT2D eigenvalue weighted by Crippen LogP contribution is -1.75. The van der Waals surface area contributed by atoms with Crippen LogP contribution in [0.25, 0.3) is 0 Å². The zero-order valence-electron chi connectivity index (χ0n) is 6.80. The second kappa shape index (κ2) is 9.44. The fraction of sp³-hybridized carbons (Fsp3) is 0.750. The Hall–Kier alpha value is 0.440. The molecule has 0 aliphatic heterocycles. The van der Waals surface area contributed by atoms with Gasteiger partial charge in [-0.05, 0) is 11.5 Å². The highest BCUT2D eigenvalue weighted by atomic mass is 32.2. The van der Waals surface area contributed by atoms with E-state index in [0.717, 1.165) is 0 Å². The zero-order valence-corrected chi connectivity index (χ0v) is 8.43. The van der Waals surface area contributed by atoms with Crippen molar-refractivity contribution in [2.24, 2.45) is 0 Å². The first-order chi connectivity index (χ1) is 4.91. The minimum absolute atomic E-state index is 1.18. The van der Waals surface area contributed by atoms with E-state index in [1.807, 2.05) is 23.5 Å². The van der Waals surface area contributed by atoms with Crippen LogP contribution in [-0.4, -0.2) is 23.0 Å². The summed E-state index contributed by atoms with van der Waals surface area (Å²) in [5.74, 6) is 4.82. The van der Waals surface area contributed by atoms with E-state index in [-0.39, 0.29) is 0 Å². The van der Waals surface area contributed by atoms with Gasteiger partial charge in [0.15, 0.2) is 0 Å². The van der Waals surface area contributed by atoms with Crippen molar-refractivity contribution in [1.29, 1.82) is 0 Å². The van der Waals surface area contributed by atoms with E-state index in [2.05, 4.69) is 26.0 Å². The maximum Gasteiger partial charge on any atom is 0.0113 e. The normalized spacial score (nSPS) is 11.0. The Morgan fingerprint density at radius 3 is 1.60 bits per heavy atom. The van der Waals surface area contributed by atoms with Crippen molar-refractivity contribution < 1.29 is 0 Å². The van der Waals surface area contributed by atoms with E-state index in [4.69, 9.17) is 0 Å². The topological polar surface area (TPSA) is 0 Å². The van der Waals surface area contributed by atoms with Crippen LogP contribution >= 0.6 is 23.5 Å². The monoisotopic (exact) mass is 176 g/mol. The zero-order chi connectivity index (χ0) is 7.66. The summed E-state index contributed by atoms with van der Waals surface area (Å²) in [5.41, 5.74) is 0. The molecule has 0 aromatic rings. The van der Waals surface area contributed by atoms with Gasteiger partial charge in [-0.15, -0.1) is 0 Å². The number of hydrogen-bond donors (Lipinski definition) is 0. The van der Waals surface area contributed by atoms with Gasteiger partial charge in [-0.2, -0.15) is 23.5 Å². The summed E-state index contributed by atoms with van der Waals surface area (Å²) in [7, 11) is 0. The third-order valence-electron chi connectivity index (χ3n) is 1.00. The minimum atomic E-state index is 1.18. The highest BCUT2D eigenvalue weighted by molar-refractivity contribution is 7.99. The predicted octanol–water partition coefficient (Wildman–Crippen LogP) is 3.05. The second-order valence-electron chi connectivity index (χ2n) is 1.79. The molecule has 0 spiro atoms. The van der Waals surface area contributed by atoms with Gasteiger partial charge in [0.1, 0.15) is 0 Å². The van der Waals surface area contributed by atoms with E-state index < -0.39 is 0 Å². The van der Waals surface area contributed by atoms with Gasteiger partial charge in [-0.3, -0.25) is 0 Å². The Morgan fingerprint density at radius 2 is 1.30 bits per heavy atom. The first-order valence-corrected chi connectivity index (χ1v) is 6.03. The predicted molar refractivity (Wildman–Crippen MR) is 55.1 cm³/mol. The minimum Gasteiger partial charge on any atom is -0.158 e. The van der Waals surface area contributed by atoms with Crippen molar-refractivity contribution in [3.05, 3.63) is 12.2 Å². The summed E-state index contributed by atoms with van der Waals surface area (Å²) >= 11 is 3.94. The molecule has 0 aromatic heterocycles. The van der Waals surface area contributed by atoms with Crippen molar-refractivity contribution in [2.45, 2.75) is 13.8 Å². The third kappa shape index (κ3) is 8.44. The van der Waals surface area contributed by atoms with Crippen molar-refractivity contribution in [3.8, 4) is 0 Å². The van der Waals surface area contributed by atoms with Crippen LogP contribution in [0.2, 0.25) is 0 Å². The van der Waals surface area contributed by atoms with Gasteiger partial charge in [-0.25, -0.2) is 0 Å². The molecule has 0 nitrogen and oxygen atoms in total. The van der Waals surface area contributed by atoms with Crippen LogP contribution in [0.4, 0.5) is 0 Å². The van der Waals surface area contributed by atoms with Crippen LogP contribution in [0.3, 0.4) is 0 Å². The molecule has 0 saturated carbocycles. The number of hydrogen-bond acceptors (Lipinski definition) is 2. The van der Waals surface area contributed by atoms with Gasteiger partial charge >= 0.3 is 0 Å². The summed E-state index contributed by atoms with van der Waals surface area (Å²) in [6, 6.07) is 0. The molecule has 0 atom stereocenters. The van der Waals surface area contributed by atoms with Gasteiger partial charge < -0.3 is 0 Å². The molecule has 2 heteroatoms. The molecule has 0 aliphatic carbocycles. The van der Waals surface area contributed by atoms with Gasteiger partial charge in [0.05, 0.1) is 0 Å². The van der Waals surface area contributed by atoms with E-state index in [0.29, 0.717) is 0 Å². The molecule has 0 fully saturated rings. The summed E-state index contributed by atoms with van der Waals surface area (Å²) in [6.45, 7) is 4.39. The lowest BCUT2D eigenvalue weighted by atomic mass is 10.6. The Morgan fingerprint density at radius 1 is 0.900 bits per heavy atom. The van der Waals surface area contributed by atoms with Crippen molar-refractivity contribution in [2.75, 3.05) is 23.0 Å². The average molecular weight is 176 g/mol. The van der Waals surface area contributed by atoms with E-state index >= 15 is 0 Å². The van der Waals surface area contributed by atoms with Gasteiger partial charge in [0.2, 0.25) is 0 Å². The smallest absolute Gasteiger partial charge is 0.0113 e. The lowest BCUT2D eigenvalue weighted by Gasteiger charge is -1.89. The standard InChI is InChI=1S/C8H16S2/c1-3-9-7-5-6-8-10-4-2/h5-6H,3-4,7-8H2,1-2H3/b6-5+. The molecule has 0 unspecified atom stereocenters. The maximum absolute atomic E-state index is 2.26. The quantitative estimate of drug-likeness (QED) is 0.451. The summed E-state index contributed by atoms with van der Waals surface area (Å²) in [5, 5.41) is 0. The molecule has 0 aromatic carbocycles. The summed E-state index contributed by atoms with van der Waals surface area (Å²) in [6.07, 6.45) is 4.52. The molecule has 0 rings (SSSR count). The van der Waals surface area contributed by atoms with Crippen LogP contribution in [0, 0.1) is 0 Å². The van der Waals surface area contributed by atoms with Gasteiger partial charge in [0.25, 0.3) is 0 Å². The lowest BCUT2D eigenvalue weighted by molar-refractivity contribution is 1.50. The number of thioether (sulfide) groups is 2. The molecule has 0 N–H and O–H groups in total. The van der Waals surface area contributed by atoms with Crippen molar-refractivity contribution in [3.63, 3.8) is 0 Å². The molecular weight excluding hydrogens is 160 g/mol. The molecule has 0 aliphatic rings. The second-order valence-corrected chi connectivity index (χ2v) is 4.43. The molecule has 60 valence electrons. The van der Waals surface area contributed by atoms with Crippen LogP contribution in [0.15, 0.2) is 12.2 Å². The SMILES string of the molecule is CCSC/C=C/CSCC. The fourth-order valence-electron chi connectivity index (χ4n) is 0.508. The first kappa shape index (κ1) is 10.4. The summed E-state index contributed by atoms with van der Waals surface area (Å²) in [4.78, 5) is 0. The van der Waals surface area contributed by atoms with E-state index in [1.54, 1.807) is 0 Å². The highest BCUT2D eigenvalue weighted by Gasteiger charge is 1.78. The summed E-state index contributed by atoms with van der Waals surface area (Å²) < 4.78 is 0. The molecule has 0 heterocycles. The molecule has 10 heavy (non-hydrogen) atoms. The average Bonchev–Trinajstić information content (AvgIpc) is 1.97. The molecule has 0 radical (unpaired) electrons. The van der Waals surface area contributed by atoms with Crippen LogP contribution in [0.5, 0.6) is 0 Å². The third-order valence-corrected chi connectivity index (χ3v) is 2.68. The Labute approximate surface area is 72.9 Å².